The molecule has 2 heterocycles. The zero-order valence-corrected chi connectivity index (χ0v) is 13.2. The number of nitrogens with one attached hydrogen (secondary N) is 1. The number of imidazole rings is 2. The lowest BCUT2D eigenvalue weighted by Crippen LogP contribution is -2.01. The number of aryl methyl sites for hydroxylation is 1. The van der Waals surface area contributed by atoms with Gasteiger partial charge in [0, 0.05) is 12.4 Å². The third kappa shape index (κ3) is 2.62. The number of hydrogen-bond donors (Lipinski definition) is 1. The van der Waals surface area contributed by atoms with E-state index in [-0.39, 0.29) is 0 Å². The van der Waals surface area contributed by atoms with Gasteiger partial charge in [0.25, 0.3) is 0 Å². The SMILES string of the molecule is ClCCn1c(C=Cc2nc3ccccc3[nH]2)nc2ccccc21. The summed E-state index contributed by atoms with van der Waals surface area (Å²) >= 11 is 5.94. The fourth-order valence-electron chi connectivity index (χ4n) is 2.75. The molecule has 4 aromatic rings. The second-order valence-corrected chi connectivity index (χ2v) is 5.65. The molecule has 0 radical (unpaired) electrons. The maximum atomic E-state index is 5.94. The zero-order valence-electron chi connectivity index (χ0n) is 12.4. The number of halogens is 1. The number of para-hydroxylation sites is 4. The van der Waals surface area contributed by atoms with Gasteiger partial charge < -0.3 is 9.55 Å². The van der Waals surface area contributed by atoms with Gasteiger partial charge in [0.05, 0.1) is 22.1 Å². The fourth-order valence-corrected chi connectivity index (χ4v) is 2.91. The van der Waals surface area contributed by atoms with Crippen molar-refractivity contribution in [2.45, 2.75) is 6.54 Å². The molecule has 0 fully saturated rings. The van der Waals surface area contributed by atoms with Crippen LogP contribution in [0.5, 0.6) is 0 Å². The van der Waals surface area contributed by atoms with E-state index in [0.717, 1.165) is 40.3 Å². The van der Waals surface area contributed by atoms with E-state index < -0.39 is 0 Å². The molecule has 0 unspecified atom stereocenters. The largest absolute Gasteiger partial charge is 0.338 e. The lowest BCUT2D eigenvalue weighted by molar-refractivity contribution is 0.783. The Bertz CT molecular complexity index is 964. The second-order valence-electron chi connectivity index (χ2n) is 5.27. The van der Waals surface area contributed by atoms with Gasteiger partial charge in [0.2, 0.25) is 0 Å². The van der Waals surface area contributed by atoms with Crippen molar-refractivity contribution < 1.29 is 0 Å². The van der Waals surface area contributed by atoms with Crippen LogP contribution in [0.4, 0.5) is 0 Å². The highest BCUT2D eigenvalue weighted by atomic mass is 35.5. The smallest absolute Gasteiger partial charge is 0.133 e. The first-order valence-electron chi connectivity index (χ1n) is 7.49. The van der Waals surface area contributed by atoms with Crippen molar-refractivity contribution >= 4 is 45.8 Å². The Morgan fingerprint density at radius 1 is 0.957 bits per heavy atom. The number of hydrogen-bond acceptors (Lipinski definition) is 2. The van der Waals surface area contributed by atoms with Crippen LogP contribution in [0.1, 0.15) is 11.6 Å². The van der Waals surface area contributed by atoms with Gasteiger partial charge in [0.1, 0.15) is 11.6 Å². The van der Waals surface area contributed by atoms with Crippen LogP contribution in [0.25, 0.3) is 34.2 Å². The van der Waals surface area contributed by atoms with Crippen LogP contribution >= 0.6 is 11.6 Å². The number of fused-ring (bicyclic) bond motifs is 2. The third-order valence-electron chi connectivity index (χ3n) is 3.79. The number of aromatic nitrogens is 4. The van der Waals surface area contributed by atoms with Gasteiger partial charge in [-0.2, -0.15) is 0 Å². The lowest BCUT2D eigenvalue weighted by atomic mass is 10.3. The topological polar surface area (TPSA) is 46.5 Å². The van der Waals surface area contributed by atoms with Crippen molar-refractivity contribution in [1.29, 1.82) is 0 Å². The zero-order chi connectivity index (χ0) is 15.6. The molecule has 2 aromatic heterocycles. The molecule has 0 bridgehead atoms. The predicted molar refractivity (Wildman–Crippen MR) is 95.5 cm³/mol. The minimum Gasteiger partial charge on any atom is -0.338 e. The average Bonchev–Trinajstić information content (AvgIpc) is 3.14. The van der Waals surface area contributed by atoms with E-state index in [2.05, 4.69) is 25.6 Å². The normalized spacial score (nSPS) is 11.9. The molecule has 0 saturated heterocycles. The number of H-pyrrole nitrogens is 1. The minimum atomic E-state index is 0.547. The van der Waals surface area contributed by atoms with Crippen LogP contribution in [0.15, 0.2) is 48.5 Å². The summed E-state index contributed by atoms with van der Waals surface area (Å²) in [6.45, 7) is 0.724. The minimum absolute atomic E-state index is 0.547. The quantitative estimate of drug-likeness (QED) is 0.569. The Balaban J connectivity index is 1.75. The van der Waals surface area contributed by atoms with Crippen molar-refractivity contribution in [2.24, 2.45) is 0 Å². The van der Waals surface area contributed by atoms with Gasteiger partial charge in [-0.15, -0.1) is 11.6 Å². The van der Waals surface area contributed by atoms with Gasteiger partial charge in [-0.1, -0.05) is 24.3 Å². The van der Waals surface area contributed by atoms with Gasteiger partial charge >= 0.3 is 0 Å². The summed E-state index contributed by atoms with van der Waals surface area (Å²) in [5, 5.41) is 0. The molecule has 0 aliphatic rings. The number of alkyl halides is 1. The Morgan fingerprint density at radius 3 is 2.57 bits per heavy atom. The lowest BCUT2D eigenvalue weighted by Gasteiger charge is -2.03. The average molecular weight is 323 g/mol. The first-order chi connectivity index (χ1) is 11.3. The summed E-state index contributed by atoms with van der Waals surface area (Å²) in [6, 6.07) is 16.1. The molecule has 0 saturated carbocycles. The maximum absolute atomic E-state index is 5.94. The highest BCUT2D eigenvalue weighted by Gasteiger charge is 2.07. The molecule has 0 amide bonds. The molecule has 1 N–H and O–H groups in total. The second kappa shape index (κ2) is 5.89. The van der Waals surface area contributed by atoms with Gasteiger partial charge in [-0.25, -0.2) is 9.97 Å². The molecular formula is C18H15ClN4. The van der Waals surface area contributed by atoms with E-state index >= 15 is 0 Å². The number of nitrogens with zero attached hydrogens (tertiary/aromatic N) is 3. The molecule has 114 valence electrons. The first-order valence-corrected chi connectivity index (χ1v) is 8.03. The molecule has 4 nitrogen and oxygen atoms in total. The van der Waals surface area contributed by atoms with Gasteiger partial charge in [0.15, 0.2) is 0 Å². The van der Waals surface area contributed by atoms with Crippen molar-refractivity contribution in [2.75, 3.05) is 5.88 Å². The Labute approximate surface area is 138 Å². The van der Waals surface area contributed by atoms with Crippen LogP contribution in [-0.4, -0.2) is 25.4 Å². The number of benzene rings is 2. The van der Waals surface area contributed by atoms with Gasteiger partial charge in [-0.05, 0) is 36.4 Å². The van der Waals surface area contributed by atoms with E-state index in [1.54, 1.807) is 0 Å². The number of rotatable bonds is 4. The van der Waals surface area contributed by atoms with Crippen LogP contribution < -0.4 is 0 Å². The standard InChI is InChI=1S/C18H15ClN4/c19-11-12-23-16-8-4-3-7-15(16)22-18(23)10-9-17-20-13-5-1-2-6-14(13)21-17/h1-10H,11-12H2,(H,20,21). The molecular weight excluding hydrogens is 308 g/mol. The van der Waals surface area contributed by atoms with E-state index in [1.165, 1.54) is 0 Å². The monoisotopic (exact) mass is 322 g/mol. The summed E-state index contributed by atoms with van der Waals surface area (Å²) in [5.74, 6) is 2.24. The summed E-state index contributed by atoms with van der Waals surface area (Å²) in [6.07, 6.45) is 3.93. The summed E-state index contributed by atoms with van der Waals surface area (Å²) in [7, 11) is 0. The van der Waals surface area contributed by atoms with E-state index in [9.17, 15) is 0 Å². The molecule has 4 rings (SSSR count). The molecule has 0 aliphatic carbocycles. The van der Waals surface area contributed by atoms with Crippen molar-refractivity contribution in [3.8, 4) is 0 Å². The van der Waals surface area contributed by atoms with Crippen molar-refractivity contribution in [3.63, 3.8) is 0 Å². The Kier molecular flexibility index (Phi) is 3.60. The Hall–Kier alpha value is -2.59. The summed E-state index contributed by atoms with van der Waals surface area (Å²) < 4.78 is 2.13. The van der Waals surface area contributed by atoms with E-state index in [1.807, 2.05) is 54.6 Å². The van der Waals surface area contributed by atoms with Crippen molar-refractivity contribution in [1.82, 2.24) is 19.5 Å². The molecule has 5 heteroatoms. The highest BCUT2D eigenvalue weighted by molar-refractivity contribution is 6.17. The highest BCUT2D eigenvalue weighted by Crippen LogP contribution is 2.18. The van der Waals surface area contributed by atoms with Crippen LogP contribution in [0.2, 0.25) is 0 Å². The number of aromatic amines is 1. The fraction of sp³-hybridized carbons (Fsp3) is 0.111. The predicted octanol–water partition coefficient (Wildman–Crippen LogP) is 4.32. The maximum Gasteiger partial charge on any atom is 0.133 e. The molecule has 23 heavy (non-hydrogen) atoms. The molecule has 2 aromatic carbocycles. The molecule has 0 atom stereocenters. The third-order valence-corrected chi connectivity index (χ3v) is 3.96. The molecule has 0 spiro atoms. The van der Waals surface area contributed by atoms with Gasteiger partial charge in [-0.3, -0.25) is 0 Å². The van der Waals surface area contributed by atoms with E-state index in [0.29, 0.717) is 5.88 Å². The van der Waals surface area contributed by atoms with E-state index in [4.69, 9.17) is 11.6 Å². The van der Waals surface area contributed by atoms with Crippen LogP contribution in [0, 0.1) is 0 Å². The summed E-state index contributed by atoms with van der Waals surface area (Å²) in [5.41, 5.74) is 4.06. The summed E-state index contributed by atoms with van der Waals surface area (Å²) in [4.78, 5) is 12.5. The van der Waals surface area contributed by atoms with Crippen molar-refractivity contribution in [3.05, 3.63) is 60.2 Å². The molecule has 0 aliphatic heterocycles. The van der Waals surface area contributed by atoms with Crippen LogP contribution in [-0.2, 0) is 6.54 Å². The van der Waals surface area contributed by atoms with Crippen LogP contribution in [0.3, 0.4) is 0 Å². The first kappa shape index (κ1) is 14.0. The Morgan fingerprint density at radius 2 is 1.74 bits per heavy atom.